The minimum absolute atomic E-state index is 0.0613. The van der Waals surface area contributed by atoms with Gasteiger partial charge >= 0.3 is 0 Å². The van der Waals surface area contributed by atoms with E-state index in [1.807, 2.05) is 31.2 Å². The van der Waals surface area contributed by atoms with Crippen molar-refractivity contribution in [2.24, 2.45) is 0 Å². The van der Waals surface area contributed by atoms with E-state index >= 15 is 0 Å². The zero-order valence-corrected chi connectivity index (χ0v) is 16.9. The molecule has 0 atom stereocenters. The molecule has 3 aromatic rings. The zero-order chi connectivity index (χ0) is 20.1. The first-order chi connectivity index (χ1) is 13.5. The van der Waals surface area contributed by atoms with Crippen molar-refractivity contribution in [1.29, 1.82) is 0 Å². The Morgan fingerprint density at radius 2 is 1.93 bits per heavy atom. The summed E-state index contributed by atoms with van der Waals surface area (Å²) in [5, 5.41) is 3.95. The van der Waals surface area contributed by atoms with Gasteiger partial charge in [0.25, 0.3) is 5.56 Å². The molecular weight excluding hydrogens is 374 g/mol. The lowest BCUT2D eigenvalue weighted by Gasteiger charge is -2.15. The first-order valence-electron chi connectivity index (χ1n) is 9.60. The van der Waals surface area contributed by atoms with Gasteiger partial charge in [-0.15, -0.1) is 0 Å². The van der Waals surface area contributed by atoms with Crippen LogP contribution in [0.3, 0.4) is 0 Å². The van der Waals surface area contributed by atoms with Crippen LogP contribution in [0.1, 0.15) is 44.5 Å². The lowest BCUT2D eigenvalue weighted by Crippen LogP contribution is -2.26. The van der Waals surface area contributed by atoms with Crippen molar-refractivity contribution < 1.29 is 4.79 Å². The summed E-state index contributed by atoms with van der Waals surface area (Å²) in [6.07, 6.45) is 2.80. The second-order valence-corrected chi connectivity index (χ2v) is 7.20. The van der Waals surface area contributed by atoms with Crippen molar-refractivity contribution in [3.63, 3.8) is 0 Å². The smallest absolute Gasteiger partial charge is 0.261 e. The highest BCUT2D eigenvalue weighted by Crippen LogP contribution is 2.19. The maximum absolute atomic E-state index is 13.3. The average Bonchev–Trinajstić information content (AvgIpc) is 2.67. The van der Waals surface area contributed by atoms with Crippen molar-refractivity contribution in [2.45, 2.75) is 46.1 Å². The molecule has 0 saturated heterocycles. The Morgan fingerprint density at radius 3 is 2.64 bits per heavy atom. The molecule has 5 nitrogen and oxygen atoms in total. The zero-order valence-electron chi connectivity index (χ0n) is 16.2. The van der Waals surface area contributed by atoms with Gasteiger partial charge in [0, 0.05) is 23.6 Å². The first kappa shape index (κ1) is 20.1. The Kier molecular flexibility index (Phi) is 6.47. The second-order valence-electron chi connectivity index (χ2n) is 6.79. The van der Waals surface area contributed by atoms with Gasteiger partial charge in [-0.2, -0.15) is 0 Å². The largest absolute Gasteiger partial charge is 0.326 e. The van der Waals surface area contributed by atoms with Gasteiger partial charge in [-0.1, -0.05) is 43.6 Å². The molecule has 0 saturated carbocycles. The number of fused-ring (bicyclic) bond motifs is 1. The molecule has 0 bridgehead atoms. The van der Waals surface area contributed by atoms with Gasteiger partial charge in [-0.25, -0.2) is 4.98 Å². The number of halogens is 1. The summed E-state index contributed by atoms with van der Waals surface area (Å²) >= 11 is 6.30. The van der Waals surface area contributed by atoms with Crippen LogP contribution in [-0.2, 0) is 17.8 Å². The maximum Gasteiger partial charge on any atom is 0.261 e. The van der Waals surface area contributed by atoms with Crippen LogP contribution in [-0.4, -0.2) is 15.5 Å². The molecule has 1 aromatic heterocycles. The molecule has 28 heavy (non-hydrogen) atoms. The summed E-state index contributed by atoms with van der Waals surface area (Å²) in [5.74, 6) is 0.677. The highest BCUT2D eigenvalue weighted by Gasteiger charge is 2.13. The number of amides is 1. The summed E-state index contributed by atoms with van der Waals surface area (Å²) in [6.45, 7) is 4.37. The van der Waals surface area contributed by atoms with Crippen LogP contribution in [0.15, 0.2) is 47.3 Å². The van der Waals surface area contributed by atoms with Crippen molar-refractivity contribution in [3.8, 4) is 0 Å². The third-order valence-corrected chi connectivity index (χ3v) is 4.92. The fourth-order valence-corrected chi connectivity index (χ4v) is 3.37. The maximum atomic E-state index is 13.3. The highest BCUT2D eigenvalue weighted by molar-refractivity contribution is 6.31. The number of nitrogens with one attached hydrogen (secondary N) is 1. The number of rotatable bonds is 7. The Bertz CT molecular complexity index is 1060. The van der Waals surface area contributed by atoms with Gasteiger partial charge in [-0.3, -0.25) is 14.2 Å². The van der Waals surface area contributed by atoms with E-state index in [1.54, 1.807) is 22.8 Å². The minimum Gasteiger partial charge on any atom is -0.326 e. The third-order valence-electron chi connectivity index (χ3n) is 4.55. The number of nitrogens with zero attached hydrogens (tertiary/aromatic N) is 2. The van der Waals surface area contributed by atoms with Crippen LogP contribution in [0.2, 0.25) is 5.02 Å². The summed E-state index contributed by atoms with van der Waals surface area (Å²) < 4.78 is 1.69. The van der Waals surface area contributed by atoms with E-state index in [9.17, 15) is 9.59 Å². The van der Waals surface area contributed by atoms with Gasteiger partial charge in [0.2, 0.25) is 5.91 Å². The monoisotopic (exact) mass is 397 g/mol. The molecule has 0 unspecified atom stereocenters. The number of hydrogen-bond acceptors (Lipinski definition) is 3. The van der Waals surface area contributed by atoms with E-state index in [0.29, 0.717) is 41.0 Å². The number of carbonyl (C=O) groups excluding carboxylic acids is 1. The summed E-state index contributed by atoms with van der Waals surface area (Å²) in [5.41, 5.74) is 1.99. The minimum atomic E-state index is -0.125. The number of anilines is 1. The van der Waals surface area contributed by atoms with E-state index in [0.717, 1.165) is 24.2 Å². The Labute approximate surface area is 169 Å². The molecule has 1 amide bonds. The third kappa shape index (κ3) is 4.42. The molecule has 3 rings (SSSR count). The fourth-order valence-electron chi connectivity index (χ4n) is 3.17. The molecule has 0 aliphatic carbocycles. The van der Waals surface area contributed by atoms with Crippen molar-refractivity contribution in [2.75, 3.05) is 5.32 Å². The van der Waals surface area contributed by atoms with E-state index in [4.69, 9.17) is 16.6 Å². The molecule has 1 heterocycles. The predicted molar refractivity (Wildman–Crippen MR) is 114 cm³/mol. The second kappa shape index (κ2) is 9.02. The van der Waals surface area contributed by atoms with E-state index in [1.165, 1.54) is 0 Å². The number of aryl methyl sites for hydroxylation is 1. The van der Waals surface area contributed by atoms with Crippen LogP contribution in [0.5, 0.6) is 0 Å². The van der Waals surface area contributed by atoms with Gasteiger partial charge in [0.15, 0.2) is 0 Å². The predicted octanol–water partition coefficient (Wildman–Crippen LogP) is 4.79. The molecule has 0 spiro atoms. The molecule has 146 valence electrons. The number of benzene rings is 2. The van der Waals surface area contributed by atoms with Crippen molar-refractivity contribution in [1.82, 2.24) is 9.55 Å². The van der Waals surface area contributed by atoms with Crippen LogP contribution in [0.25, 0.3) is 10.9 Å². The standard InChI is InChI=1S/C22H24ClN3O2/c1-3-7-20-25-19-12-11-16(24-21(27)8-4-2)13-17(19)22(28)26(20)14-15-9-5-6-10-18(15)23/h5-6,9-13H,3-4,7-8,14H2,1-2H3,(H,24,27). The number of hydrogen-bond donors (Lipinski definition) is 1. The summed E-state index contributed by atoms with van der Waals surface area (Å²) in [4.78, 5) is 29.9. The Hall–Kier alpha value is -2.66. The fraction of sp³-hybridized carbons (Fsp3) is 0.318. The average molecular weight is 398 g/mol. The van der Waals surface area contributed by atoms with E-state index < -0.39 is 0 Å². The Morgan fingerprint density at radius 1 is 1.14 bits per heavy atom. The van der Waals surface area contributed by atoms with E-state index in [-0.39, 0.29) is 11.5 Å². The molecule has 0 aliphatic heterocycles. The number of aromatic nitrogens is 2. The van der Waals surface area contributed by atoms with E-state index in [2.05, 4.69) is 12.2 Å². The molecule has 0 radical (unpaired) electrons. The normalized spacial score (nSPS) is 11.0. The highest BCUT2D eigenvalue weighted by atomic mass is 35.5. The SMILES string of the molecule is CCCC(=O)Nc1ccc2nc(CCC)n(Cc3ccccc3Cl)c(=O)c2c1. The van der Waals surface area contributed by atoms with Crippen LogP contribution >= 0.6 is 11.6 Å². The lowest BCUT2D eigenvalue weighted by atomic mass is 10.1. The van der Waals surface area contributed by atoms with Gasteiger partial charge in [-0.05, 0) is 42.7 Å². The Balaban J connectivity index is 2.08. The summed E-state index contributed by atoms with van der Waals surface area (Å²) in [7, 11) is 0. The van der Waals surface area contributed by atoms with Crippen molar-refractivity contribution in [3.05, 3.63) is 69.2 Å². The molecule has 0 fully saturated rings. The van der Waals surface area contributed by atoms with Crippen LogP contribution in [0.4, 0.5) is 5.69 Å². The molecule has 0 aliphatic rings. The first-order valence-corrected chi connectivity index (χ1v) is 9.98. The van der Waals surface area contributed by atoms with Gasteiger partial charge < -0.3 is 5.32 Å². The van der Waals surface area contributed by atoms with Crippen LogP contribution < -0.4 is 10.9 Å². The lowest BCUT2D eigenvalue weighted by molar-refractivity contribution is -0.116. The van der Waals surface area contributed by atoms with Crippen LogP contribution in [0, 0.1) is 0 Å². The van der Waals surface area contributed by atoms with Gasteiger partial charge in [0.05, 0.1) is 17.4 Å². The summed E-state index contributed by atoms with van der Waals surface area (Å²) in [6, 6.07) is 12.8. The quantitative estimate of drug-likeness (QED) is 0.623. The topological polar surface area (TPSA) is 64.0 Å². The van der Waals surface area contributed by atoms with Gasteiger partial charge in [0.1, 0.15) is 5.82 Å². The molecule has 6 heteroatoms. The molecule has 1 N–H and O–H groups in total. The number of carbonyl (C=O) groups is 1. The molecule has 2 aromatic carbocycles. The molecular formula is C22H24ClN3O2. The van der Waals surface area contributed by atoms with Crippen molar-refractivity contribution >= 4 is 34.1 Å².